The number of para-hydroxylation sites is 2. The Hall–Kier alpha value is -6.34. The third-order valence-corrected chi connectivity index (χ3v) is 6.80. The van der Waals surface area contributed by atoms with E-state index in [4.69, 9.17) is 17.6 Å². The van der Waals surface area contributed by atoms with Crippen molar-refractivity contribution in [3.63, 3.8) is 0 Å². The second-order valence-corrected chi connectivity index (χ2v) is 9.01. The van der Waals surface area contributed by atoms with E-state index in [1.165, 1.54) is 0 Å². The minimum absolute atomic E-state index is 0.282. The molecule has 0 radical (unpaired) electrons. The smallest absolute Gasteiger partial charge is 0.195 e. The van der Waals surface area contributed by atoms with Crippen LogP contribution in [0.25, 0.3) is 42.8 Å². The van der Waals surface area contributed by atoms with E-state index in [0.717, 1.165) is 38.9 Å². The summed E-state index contributed by atoms with van der Waals surface area (Å²) < 4.78 is 6.34. The van der Waals surface area contributed by atoms with Crippen LogP contribution >= 0.6 is 0 Å². The van der Waals surface area contributed by atoms with E-state index in [1.54, 1.807) is 24.3 Å². The average molecular weight is 512 g/mol. The molecule has 0 fully saturated rings. The minimum Gasteiger partial charge on any atom is -0.454 e. The van der Waals surface area contributed by atoms with Gasteiger partial charge < -0.3 is 9.32 Å². The van der Waals surface area contributed by atoms with E-state index in [1.807, 2.05) is 83.8 Å². The van der Waals surface area contributed by atoms with Crippen LogP contribution in [0.3, 0.4) is 0 Å². The van der Waals surface area contributed by atoms with E-state index in [9.17, 15) is 10.5 Å². The van der Waals surface area contributed by atoms with Crippen LogP contribution < -0.4 is 4.90 Å². The lowest BCUT2D eigenvalue weighted by Gasteiger charge is -2.26. The highest BCUT2D eigenvalue weighted by molar-refractivity contribution is 6.10. The quantitative estimate of drug-likeness (QED) is 0.221. The summed E-state index contributed by atoms with van der Waals surface area (Å²) in [6.07, 6.45) is 0. The normalized spacial score (nSPS) is 10.4. The van der Waals surface area contributed by atoms with Crippen molar-refractivity contribution in [1.29, 1.82) is 10.5 Å². The number of furan rings is 1. The van der Waals surface area contributed by atoms with Crippen LogP contribution in [-0.4, -0.2) is 0 Å². The van der Waals surface area contributed by atoms with Gasteiger partial charge in [-0.3, -0.25) is 9.69 Å². The van der Waals surface area contributed by atoms with E-state index >= 15 is 0 Å². The minimum atomic E-state index is 0.282. The van der Waals surface area contributed by atoms with Crippen LogP contribution in [0.4, 0.5) is 28.4 Å². The summed E-state index contributed by atoms with van der Waals surface area (Å²) in [4.78, 5) is 8.93. The van der Waals surface area contributed by atoms with Crippen LogP contribution in [0.5, 0.6) is 0 Å². The zero-order valence-corrected chi connectivity index (χ0v) is 21.0. The van der Waals surface area contributed by atoms with Crippen molar-refractivity contribution in [2.45, 2.75) is 0 Å². The van der Waals surface area contributed by atoms with Gasteiger partial charge in [-0.2, -0.15) is 10.5 Å². The molecular weight excluding hydrogens is 494 g/mol. The van der Waals surface area contributed by atoms with Gasteiger partial charge in [0, 0.05) is 22.1 Å². The fraction of sp³-hybridized carbons (Fsp3) is 0. The molecule has 1 aromatic heterocycles. The zero-order chi connectivity index (χ0) is 27.6. The summed E-state index contributed by atoms with van der Waals surface area (Å²) in [6.45, 7) is 14.7. The van der Waals surface area contributed by atoms with Crippen LogP contribution in [0.2, 0.25) is 0 Å². The molecule has 1 heterocycles. The van der Waals surface area contributed by atoms with E-state index < -0.39 is 0 Å². The third-order valence-electron chi connectivity index (χ3n) is 6.80. The number of anilines is 3. The fourth-order valence-electron chi connectivity index (χ4n) is 4.89. The van der Waals surface area contributed by atoms with Crippen LogP contribution in [0.15, 0.2) is 108 Å². The van der Waals surface area contributed by atoms with Crippen LogP contribution in [0.1, 0.15) is 11.1 Å². The lowest BCUT2D eigenvalue weighted by atomic mass is 10.0. The van der Waals surface area contributed by atoms with E-state index in [-0.39, 0.29) is 5.56 Å². The monoisotopic (exact) mass is 511 g/mol. The number of hydrogen-bond donors (Lipinski definition) is 0. The van der Waals surface area contributed by atoms with Gasteiger partial charge in [-0.1, -0.05) is 60.7 Å². The molecule has 0 saturated heterocycles. The Kier molecular flexibility index (Phi) is 5.91. The second kappa shape index (κ2) is 9.85. The standard InChI is InChI=1S/C34H17N5O/c1-37-30-17-13-23(19-31(30)38-2)22-10-14-26(15-11-22)39(27-16-12-24(20-35)25(18-27)21-36)32-8-5-7-29-28-6-3-4-9-33(28)40-34(29)32/h3-19H. The molecular formula is C34H17N5O. The predicted octanol–water partition coefficient (Wildman–Crippen LogP) is 9.57. The Labute approximate surface area is 230 Å². The highest BCUT2D eigenvalue weighted by atomic mass is 16.3. The van der Waals surface area contributed by atoms with Crippen molar-refractivity contribution in [2.24, 2.45) is 0 Å². The van der Waals surface area contributed by atoms with Gasteiger partial charge in [0.15, 0.2) is 17.0 Å². The molecule has 6 rings (SSSR count). The highest BCUT2D eigenvalue weighted by Crippen LogP contribution is 2.43. The molecule has 0 N–H and O–H groups in total. The van der Waals surface area contributed by atoms with Crippen molar-refractivity contribution < 1.29 is 4.42 Å². The topological polar surface area (TPSA) is 72.7 Å². The van der Waals surface area contributed by atoms with Crippen molar-refractivity contribution >= 4 is 50.4 Å². The fourth-order valence-corrected chi connectivity index (χ4v) is 4.89. The molecule has 0 amide bonds. The Morgan fingerprint density at radius 1 is 0.625 bits per heavy atom. The first-order valence-electron chi connectivity index (χ1n) is 12.3. The first kappa shape index (κ1) is 24.0. The maximum absolute atomic E-state index is 9.73. The lowest BCUT2D eigenvalue weighted by Crippen LogP contribution is -2.10. The van der Waals surface area contributed by atoms with Gasteiger partial charge in [0.2, 0.25) is 0 Å². The Morgan fingerprint density at radius 3 is 2.08 bits per heavy atom. The summed E-state index contributed by atoms with van der Waals surface area (Å²) >= 11 is 0. The summed E-state index contributed by atoms with van der Waals surface area (Å²) in [5.74, 6) is 0. The van der Waals surface area contributed by atoms with Gasteiger partial charge in [0.25, 0.3) is 0 Å². The molecule has 6 nitrogen and oxygen atoms in total. The molecule has 0 spiro atoms. The number of nitrogens with zero attached hydrogens (tertiary/aromatic N) is 5. The number of nitriles is 2. The van der Waals surface area contributed by atoms with Crippen LogP contribution in [0, 0.1) is 35.8 Å². The third kappa shape index (κ3) is 3.96. The summed E-state index contributed by atoms with van der Waals surface area (Å²) in [5, 5.41) is 21.2. The maximum Gasteiger partial charge on any atom is 0.195 e. The van der Waals surface area contributed by atoms with Gasteiger partial charge in [-0.05, 0) is 53.6 Å². The highest BCUT2D eigenvalue weighted by Gasteiger charge is 2.20. The molecule has 184 valence electrons. The van der Waals surface area contributed by atoms with Gasteiger partial charge >= 0.3 is 0 Å². The van der Waals surface area contributed by atoms with Gasteiger partial charge in [0.1, 0.15) is 17.7 Å². The zero-order valence-electron chi connectivity index (χ0n) is 21.0. The Morgan fingerprint density at radius 2 is 1.32 bits per heavy atom. The lowest BCUT2D eigenvalue weighted by molar-refractivity contribution is 0.669. The number of rotatable bonds is 4. The number of fused-ring (bicyclic) bond motifs is 3. The molecule has 6 aromatic rings. The van der Waals surface area contributed by atoms with Crippen molar-refractivity contribution in [3.05, 3.63) is 137 Å². The average Bonchev–Trinajstić information content (AvgIpc) is 3.40. The van der Waals surface area contributed by atoms with E-state index in [2.05, 4.69) is 21.8 Å². The first-order chi connectivity index (χ1) is 19.6. The first-order valence-corrected chi connectivity index (χ1v) is 12.3. The molecule has 0 bridgehead atoms. The summed E-state index contributed by atoms with van der Waals surface area (Å²) in [5.41, 5.74) is 6.74. The Balaban J connectivity index is 1.54. The van der Waals surface area contributed by atoms with Gasteiger partial charge in [-0.15, -0.1) is 0 Å². The summed E-state index contributed by atoms with van der Waals surface area (Å²) in [6, 6.07) is 36.3. The van der Waals surface area contributed by atoms with Crippen molar-refractivity contribution in [2.75, 3.05) is 4.90 Å². The molecule has 0 aliphatic heterocycles. The second-order valence-electron chi connectivity index (χ2n) is 9.01. The molecule has 0 aliphatic carbocycles. The molecule has 0 atom stereocenters. The van der Waals surface area contributed by atoms with Gasteiger partial charge in [0.05, 0.1) is 30.0 Å². The molecule has 5 aromatic carbocycles. The number of benzene rings is 5. The predicted molar refractivity (Wildman–Crippen MR) is 156 cm³/mol. The molecule has 6 heteroatoms. The molecule has 0 saturated carbocycles. The van der Waals surface area contributed by atoms with Gasteiger partial charge in [-0.25, -0.2) is 0 Å². The number of hydrogen-bond acceptors (Lipinski definition) is 4. The van der Waals surface area contributed by atoms with Crippen LogP contribution in [-0.2, 0) is 0 Å². The Bertz CT molecular complexity index is 2110. The van der Waals surface area contributed by atoms with Crippen molar-refractivity contribution in [3.8, 4) is 23.3 Å². The molecule has 0 aliphatic rings. The largest absolute Gasteiger partial charge is 0.454 e. The van der Waals surface area contributed by atoms with Crippen molar-refractivity contribution in [1.82, 2.24) is 0 Å². The summed E-state index contributed by atoms with van der Waals surface area (Å²) in [7, 11) is 0. The molecule has 40 heavy (non-hydrogen) atoms. The maximum atomic E-state index is 9.73. The molecule has 0 unspecified atom stereocenters. The SMILES string of the molecule is [C-]#[N+]c1ccc(-c2ccc(N(c3ccc(C#N)c(C#N)c3)c3cccc4c3oc3ccccc34)cc2)cc1[N+]#[C-]. The van der Waals surface area contributed by atoms with E-state index in [0.29, 0.717) is 28.2 Å².